The normalized spacial score (nSPS) is 18.8. The zero-order valence-electron chi connectivity index (χ0n) is 13.6. The third-order valence-corrected chi connectivity index (χ3v) is 3.98. The molecule has 1 aromatic heterocycles. The third kappa shape index (κ3) is 3.99. The van der Waals surface area contributed by atoms with Crippen LogP contribution in [0.25, 0.3) is 0 Å². The van der Waals surface area contributed by atoms with Crippen LogP contribution in [0.15, 0.2) is 10.6 Å². The summed E-state index contributed by atoms with van der Waals surface area (Å²) in [5.41, 5.74) is 0.956. The Labute approximate surface area is 127 Å². The van der Waals surface area contributed by atoms with Gasteiger partial charge in [0.2, 0.25) is 0 Å². The number of nitrogens with zero attached hydrogens (tertiary/aromatic N) is 2. The number of hydrogen-bond donors (Lipinski definition) is 1. The van der Waals surface area contributed by atoms with Crippen LogP contribution >= 0.6 is 0 Å². The van der Waals surface area contributed by atoms with E-state index >= 15 is 0 Å². The Morgan fingerprint density at radius 2 is 2.24 bits per heavy atom. The van der Waals surface area contributed by atoms with Gasteiger partial charge in [0.05, 0.1) is 11.7 Å². The van der Waals surface area contributed by atoms with Gasteiger partial charge < -0.3 is 14.7 Å². The van der Waals surface area contributed by atoms with E-state index in [2.05, 4.69) is 38.2 Å². The first-order valence-electron chi connectivity index (χ1n) is 8.00. The molecule has 0 aliphatic carbocycles. The molecule has 118 valence electrons. The smallest absolute Gasteiger partial charge is 0.318 e. The summed E-state index contributed by atoms with van der Waals surface area (Å²) in [5.74, 6) is 1.76. The standard InChI is InChI=1S/C16H27N3O2/c1-11(2)7-8-17-16(20)19-9-5-6-14(19)15-10-13(12(3)4)18-21-15/h10-12,14H,5-9H2,1-4H3,(H,17,20)/t14-/m0/s1. The number of carbonyl (C=O) groups is 1. The Bertz CT molecular complexity index is 468. The fourth-order valence-electron chi connectivity index (χ4n) is 2.61. The van der Waals surface area contributed by atoms with Crippen LogP contribution in [0.1, 0.15) is 70.4 Å². The number of nitrogens with one attached hydrogen (secondary N) is 1. The van der Waals surface area contributed by atoms with E-state index in [1.165, 1.54) is 0 Å². The molecule has 0 spiro atoms. The van der Waals surface area contributed by atoms with E-state index in [1.54, 1.807) is 0 Å². The van der Waals surface area contributed by atoms with E-state index in [9.17, 15) is 4.79 Å². The van der Waals surface area contributed by atoms with Gasteiger partial charge >= 0.3 is 6.03 Å². The predicted molar refractivity (Wildman–Crippen MR) is 82.1 cm³/mol. The zero-order chi connectivity index (χ0) is 15.4. The van der Waals surface area contributed by atoms with Crippen molar-refractivity contribution in [2.45, 2.75) is 58.9 Å². The molecule has 1 fully saturated rings. The largest absolute Gasteiger partial charge is 0.359 e. The number of aromatic nitrogens is 1. The molecule has 2 rings (SSSR count). The Morgan fingerprint density at radius 1 is 1.48 bits per heavy atom. The third-order valence-electron chi connectivity index (χ3n) is 3.98. The van der Waals surface area contributed by atoms with E-state index in [4.69, 9.17) is 4.52 Å². The van der Waals surface area contributed by atoms with Crippen LogP contribution in [0.3, 0.4) is 0 Å². The highest BCUT2D eigenvalue weighted by Gasteiger charge is 2.32. The Hall–Kier alpha value is -1.52. The first-order valence-corrected chi connectivity index (χ1v) is 8.00. The maximum atomic E-state index is 12.3. The Balaban J connectivity index is 1.97. The van der Waals surface area contributed by atoms with Crippen molar-refractivity contribution in [2.24, 2.45) is 5.92 Å². The van der Waals surface area contributed by atoms with E-state index in [0.717, 1.165) is 43.8 Å². The van der Waals surface area contributed by atoms with Gasteiger partial charge in [0.25, 0.3) is 0 Å². The maximum absolute atomic E-state index is 12.3. The number of carbonyl (C=O) groups excluding carboxylic acids is 1. The van der Waals surface area contributed by atoms with Gasteiger partial charge in [-0.2, -0.15) is 0 Å². The molecule has 1 atom stereocenters. The van der Waals surface area contributed by atoms with Crippen molar-refractivity contribution < 1.29 is 9.32 Å². The summed E-state index contributed by atoms with van der Waals surface area (Å²) in [6.07, 6.45) is 2.97. The minimum absolute atomic E-state index is 0.0145. The van der Waals surface area contributed by atoms with E-state index in [-0.39, 0.29) is 12.1 Å². The molecule has 1 aromatic rings. The molecule has 21 heavy (non-hydrogen) atoms. The topological polar surface area (TPSA) is 58.4 Å². The summed E-state index contributed by atoms with van der Waals surface area (Å²) < 4.78 is 5.46. The molecule has 1 N–H and O–H groups in total. The molecule has 2 amide bonds. The van der Waals surface area contributed by atoms with Crippen molar-refractivity contribution in [3.63, 3.8) is 0 Å². The van der Waals surface area contributed by atoms with Crippen molar-refractivity contribution in [3.05, 3.63) is 17.5 Å². The summed E-state index contributed by atoms with van der Waals surface area (Å²) in [4.78, 5) is 14.2. The van der Waals surface area contributed by atoms with Crippen molar-refractivity contribution in [2.75, 3.05) is 13.1 Å². The van der Waals surface area contributed by atoms with Crippen LogP contribution in [-0.4, -0.2) is 29.2 Å². The van der Waals surface area contributed by atoms with Gasteiger partial charge in [-0.05, 0) is 31.1 Å². The predicted octanol–water partition coefficient (Wildman–Crippen LogP) is 3.69. The molecular weight excluding hydrogens is 266 g/mol. The first-order chi connectivity index (χ1) is 9.99. The van der Waals surface area contributed by atoms with Crippen LogP contribution in [0, 0.1) is 5.92 Å². The Kier molecular flexibility index (Phi) is 5.26. The first kappa shape index (κ1) is 15.9. The van der Waals surface area contributed by atoms with E-state index in [1.807, 2.05) is 11.0 Å². The summed E-state index contributed by atoms with van der Waals surface area (Å²) in [7, 11) is 0. The summed E-state index contributed by atoms with van der Waals surface area (Å²) in [6.45, 7) is 10.0. The van der Waals surface area contributed by atoms with Gasteiger partial charge in [0.15, 0.2) is 5.76 Å². The molecule has 1 aliphatic rings. The molecule has 0 radical (unpaired) electrons. The van der Waals surface area contributed by atoms with Crippen LogP contribution in [0.4, 0.5) is 4.79 Å². The minimum atomic E-state index is 0.0145. The van der Waals surface area contributed by atoms with Crippen molar-refractivity contribution in [1.82, 2.24) is 15.4 Å². The number of amides is 2. The van der Waals surface area contributed by atoms with E-state index in [0.29, 0.717) is 11.8 Å². The summed E-state index contributed by atoms with van der Waals surface area (Å²) >= 11 is 0. The molecule has 0 aromatic carbocycles. The molecule has 5 nitrogen and oxygen atoms in total. The van der Waals surface area contributed by atoms with Gasteiger partial charge in [-0.25, -0.2) is 4.79 Å². The van der Waals surface area contributed by atoms with Gasteiger partial charge in [-0.15, -0.1) is 0 Å². The average molecular weight is 293 g/mol. The lowest BCUT2D eigenvalue weighted by atomic mass is 10.1. The molecule has 0 bridgehead atoms. The fourth-order valence-corrected chi connectivity index (χ4v) is 2.61. The van der Waals surface area contributed by atoms with Crippen molar-refractivity contribution in [3.8, 4) is 0 Å². The second-order valence-electron chi connectivity index (χ2n) is 6.57. The maximum Gasteiger partial charge on any atom is 0.318 e. The SMILES string of the molecule is CC(C)CCNC(=O)N1CCC[C@H]1c1cc(C(C)C)no1. The van der Waals surface area contributed by atoms with Crippen LogP contribution in [0.2, 0.25) is 0 Å². The zero-order valence-corrected chi connectivity index (χ0v) is 13.6. The lowest BCUT2D eigenvalue weighted by Crippen LogP contribution is -2.40. The molecule has 5 heteroatoms. The molecule has 2 heterocycles. The molecule has 0 unspecified atom stereocenters. The fraction of sp³-hybridized carbons (Fsp3) is 0.750. The van der Waals surface area contributed by atoms with Crippen molar-refractivity contribution >= 4 is 6.03 Å². The lowest BCUT2D eigenvalue weighted by molar-refractivity contribution is 0.182. The molecule has 1 saturated heterocycles. The second kappa shape index (κ2) is 6.96. The number of likely N-dealkylation sites (tertiary alicyclic amines) is 1. The van der Waals surface area contributed by atoms with Gasteiger partial charge in [0, 0.05) is 19.2 Å². The van der Waals surface area contributed by atoms with E-state index < -0.39 is 0 Å². The molecule has 1 aliphatic heterocycles. The highest BCUT2D eigenvalue weighted by atomic mass is 16.5. The highest BCUT2D eigenvalue weighted by molar-refractivity contribution is 5.75. The monoisotopic (exact) mass is 293 g/mol. The molecular formula is C16H27N3O2. The van der Waals surface area contributed by atoms with Gasteiger partial charge in [0.1, 0.15) is 0 Å². The van der Waals surface area contributed by atoms with Crippen LogP contribution < -0.4 is 5.32 Å². The van der Waals surface area contributed by atoms with Crippen molar-refractivity contribution in [1.29, 1.82) is 0 Å². The highest BCUT2D eigenvalue weighted by Crippen LogP contribution is 2.33. The van der Waals surface area contributed by atoms with Crippen LogP contribution in [-0.2, 0) is 0 Å². The van der Waals surface area contributed by atoms with Gasteiger partial charge in [-0.1, -0.05) is 32.9 Å². The average Bonchev–Trinajstić information content (AvgIpc) is 3.06. The van der Waals surface area contributed by atoms with Gasteiger partial charge in [-0.3, -0.25) is 0 Å². The summed E-state index contributed by atoms with van der Waals surface area (Å²) in [5, 5.41) is 7.12. The number of urea groups is 1. The quantitative estimate of drug-likeness (QED) is 0.900. The number of rotatable bonds is 5. The van der Waals surface area contributed by atoms with Crippen LogP contribution in [0.5, 0.6) is 0 Å². The summed E-state index contributed by atoms with van der Waals surface area (Å²) in [6, 6.07) is 2.04. The lowest BCUT2D eigenvalue weighted by Gasteiger charge is -2.23. The minimum Gasteiger partial charge on any atom is -0.359 e. The second-order valence-corrected chi connectivity index (χ2v) is 6.57. The number of hydrogen-bond acceptors (Lipinski definition) is 3. The Morgan fingerprint density at radius 3 is 2.86 bits per heavy atom. The molecule has 0 saturated carbocycles.